The molecule has 15 nitrogen and oxygen atoms in total. The molecule has 0 bridgehead atoms. The largest absolute Gasteiger partial charge is 0.449 e. The predicted octanol–water partition coefficient (Wildman–Crippen LogP) is 1.79. The molecule has 6 amide bonds. The number of imide groups is 1. The second-order valence-electron chi connectivity index (χ2n) is 11.4. The van der Waals surface area contributed by atoms with Crippen LogP contribution >= 0.6 is 0 Å². The summed E-state index contributed by atoms with van der Waals surface area (Å²) in [5.41, 5.74) is -0.622. The maximum Gasteiger partial charge on any atom is 0.421 e. The minimum absolute atomic E-state index is 0.0422. The number of halogens is 1. The van der Waals surface area contributed by atoms with Crippen LogP contribution in [0, 0.1) is 5.82 Å². The molecule has 246 valence electrons. The van der Waals surface area contributed by atoms with Gasteiger partial charge in [-0.3, -0.25) is 9.59 Å². The molecule has 0 radical (unpaired) electrons. The van der Waals surface area contributed by atoms with Crippen molar-refractivity contribution < 1.29 is 46.3 Å². The van der Waals surface area contributed by atoms with Crippen molar-refractivity contribution in [3.63, 3.8) is 0 Å². The summed E-state index contributed by atoms with van der Waals surface area (Å²) in [4.78, 5) is 66.3. The lowest BCUT2D eigenvalue weighted by molar-refractivity contribution is -0.148. The van der Waals surface area contributed by atoms with Crippen LogP contribution in [-0.4, -0.2) is 91.4 Å². The lowest BCUT2D eigenvalue weighted by Crippen LogP contribution is -2.72. The van der Waals surface area contributed by atoms with E-state index in [0.717, 1.165) is 9.21 Å². The number of nitrogens with zero attached hydrogens (tertiary/aromatic N) is 3. The van der Waals surface area contributed by atoms with Gasteiger partial charge in [0.2, 0.25) is 11.5 Å². The summed E-state index contributed by atoms with van der Waals surface area (Å²) in [6, 6.07) is 9.77. The second-order valence-corrected chi connectivity index (χ2v) is 13.0. The zero-order valence-electron chi connectivity index (χ0n) is 25.3. The van der Waals surface area contributed by atoms with Gasteiger partial charge < -0.3 is 25.0 Å². The first kappa shape index (κ1) is 32.6. The van der Waals surface area contributed by atoms with Crippen molar-refractivity contribution in [3.8, 4) is 0 Å². The van der Waals surface area contributed by atoms with E-state index in [1.54, 1.807) is 29.8 Å². The number of carbonyl (C=O) groups excluding carboxylic acids is 5. The minimum Gasteiger partial charge on any atom is -0.449 e. The van der Waals surface area contributed by atoms with E-state index < -0.39 is 63.7 Å². The molecule has 5 rings (SSSR count). The summed E-state index contributed by atoms with van der Waals surface area (Å²) in [6.07, 6.45) is -1.65. The Morgan fingerprint density at radius 2 is 1.80 bits per heavy atom. The smallest absolute Gasteiger partial charge is 0.421 e. The Balaban J connectivity index is 1.36. The van der Waals surface area contributed by atoms with Crippen LogP contribution in [0.5, 0.6) is 0 Å². The number of fused-ring (bicyclic) bond motifs is 2. The molecule has 2 aromatic carbocycles. The number of ether oxygens (including phenoxy) is 2. The normalized spacial score (nSPS) is 20.0. The Labute approximate surface area is 264 Å². The third kappa shape index (κ3) is 6.06. The van der Waals surface area contributed by atoms with Gasteiger partial charge in [0.15, 0.2) is 0 Å². The number of nitrogens with one attached hydrogen (secondary N) is 3. The Kier molecular flexibility index (Phi) is 8.65. The fourth-order valence-corrected chi connectivity index (χ4v) is 7.18. The molecule has 1 spiro atoms. The van der Waals surface area contributed by atoms with Gasteiger partial charge in [-0.25, -0.2) is 28.4 Å². The van der Waals surface area contributed by atoms with Crippen molar-refractivity contribution in [1.29, 1.82) is 0 Å². The van der Waals surface area contributed by atoms with Gasteiger partial charge in [-0.05, 0) is 55.7 Å². The van der Waals surface area contributed by atoms with Crippen molar-refractivity contribution >= 4 is 45.9 Å². The molecule has 1 aliphatic carbocycles. The first-order chi connectivity index (χ1) is 21.7. The number of carbonyl (C=O) groups is 5. The Morgan fingerprint density at radius 3 is 2.46 bits per heavy atom. The number of amides is 6. The number of hydrogen-bond acceptors (Lipinski definition) is 9. The number of urea groups is 1. The van der Waals surface area contributed by atoms with Crippen molar-refractivity contribution in [2.75, 3.05) is 38.6 Å². The van der Waals surface area contributed by atoms with Crippen LogP contribution in [-0.2, 0) is 47.8 Å². The van der Waals surface area contributed by atoms with Crippen LogP contribution in [0.15, 0.2) is 42.5 Å². The zero-order valence-corrected chi connectivity index (χ0v) is 26.1. The van der Waals surface area contributed by atoms with E-state index in [1.165, 1.54) is 43.1 Å². The van der Waals surface area contributed by atoms with Gasteiger partial charge in [0.1, 0.15) is 12.4 Å². The predicted molar refractivity (Wildman–Crippen MR) is 159 cm³/mol. The van der Waals surface area contributed by atoms with Gasteiger partial charge >= 0.3 is 28.4 Å². The van der Waals surface area contributed by atoms with E-state index in [0.29, 0.717) is 28.8 Å². The van der Waals surface area contributed by atoms with Crippen LogP contribution in [0.1, 0.15) is 37.0 Å². The van der Waals surface area contributed by atoms with E-state index in [9.17, 15) is 36.8 Å². The molecule has 2 fully saturated rings. The Bertz CT molecular complexity index is 1700. The molecule has 0 unspecified atom stereocenters. The number of benzene rings is 2. The van der Waals surface area contributed by atoms with Gasteiger partial charge in [0, 0.05) is 44.4 Å². The van der Waals surface area contributed by atoms with Gasteiger partial charge in [-0.2, -0.15) is 12.7 Å². The fourth-order valence-electron chi connectivity index (χ4n) is 5.88. The average molecular weight is 661 g/mol. The van der Waals surface area contributed by atoms with Crippen molar-refractivity contribution in [1.82, 2.24) is 24.1 Å². The van der Waals surface area contributed by atoms with Crippen LogP contribution in [0.2, 0.25) is 0 Å². The highest BCUT2D eigenvalue weighted by Crippen LogP contribution is 2.46. The van der Waals surface area contributed by atoms with E-state index >= 15 is 0 Å². The maximum atomic E-state index is 13.9. The first-order valence-electron chi connectivity index (χ1n) is 14.4. The van der Waals surface area contributed by atoms with E-state index in [2.05, 4.69) is 15.4 Å². The molecule has 3 N–H and O–H groups in total. The van der Waals surface area contributed by atoms with Gasteiger partial charge in [-0.15, -0.1) is 0 Å². The zero-order chi connectivity index (χ0) is 33.4. The number of anilines is 1. The highest BCUT2D eigenvalue weighted by Gasteiger charge is 2.59. The van der Waals surface area contributed by atoms with Crippen molar-refractivity contribution in [2.45, 2.75) is 44.4 Å². The Hall–Kier alpha value is -4.77. The molecular weight excluding hydrogens is 627 g/mol. The monoisotopic (exact) mass is 660 g/mol. The highest BCUT2D eigenvalue weighted by molar-refractivity contribution is 7.87. The summed E-state index contributed by atoms with van der Waals surface area (Å²) >= 11 is 0. The SMILES string of the molecule is CCOC(=O)NS(=O)(=O)N1CC(C)(N(Cc2ccc(F)cc2)C(=O)CN2C(=O)O[C@]3(CCc4cc(NC(=O)NC)ccc43)C2=O)C1. The molecule has 2 aromatic rings. The third-order valence-corrected chi connectivity index (χ3v) is 9.57. The van der Waals surface area contributed by atoms with Crippen LogP contribution in [0.3, 0.4) is 0 Å². The Morgan fingerprint density at radius 1 is 1.11 bits per heavy atom. The quantitative estimate of drug-likeness (QED) is 0.361. The number of rotatable bonds is 9. The van der Waals surface area contributed by atoms with Crippen LogP contribution in [0.25, 0.3) is 0 Å². The average Bonchev–Trinajstić information content (AvgIpc) is 3.46. The summed E-state index contributed by atoms with van der Waals surface area (Å²) in [7, 11) is -2.82. The molecule has 46 heavy (non-hydrogen) atoms. The highest BCUT2D eigenvalue weighted by atomic mass is 32.2. The van der Waals surface area contributed by atoms with E-state index in [-0.39, 0.29) is 32.7 Å². The molecule has 0 saturated carbocycles. The van der Waals surface area contributed by atoms with E-state index in [4.69, 9.17) is 4.74 Å². The van der Waals surface area contributed by atoms with Crippen molar-refractivity contribution in [2.24, 2.45) is 0 Å². The summed E-state index contributed by atoms with van der Waals surface area (Å²) < 4.78 is 52.1. The molecule has 3 aliphatic rings. The summed E-state index contributed by atoms with van der Waals surface area (Å²) in [5.74, 6) is -1.91. The van der Waals surface area contributed by atoms with E-state index in [1.807, 2.05) is 0 Å². The molecule has 0 aromatic heterocycles. The van der Waals surface area contributed by atoms with Gasteiger partial charge in [0.25, 0.3) is 5.91 Å². The van der Waals surface area contributed by atoms with Gasteiger partial charge in [0.05, 0.1) is 12.1 Å². The third-order valence-electron chi connectivity index (χ3n) is 8.21. The molecular formula is C29H33FN6O9S. The first-order valence-corrected chi connectivity index (χ1v) is 15.8. The topological polar surface area (TPSA) is 184 Å². The second kappa shape index (κ2) is 12.2. The lowest BCUT2D eigenvalue weighted by Gasteiger charge is -2.52. The lowest BCUT2D eigenvalue weighted by atomic mass is 9.91. The maximum absolute atomic E-state index is 13.9. The molecule has 1 atom stereocenters. The molecule has 17 heteroatoms. The standard InChI is InChI=1S/C29H33FN6O9S/c1-4-44-26(40)33-46(42,43)34-16-28(2,17-34)36(14-18-5-7-20(30)8-6-18)23(37)15-35-24(38)29(45-27(35)41)12-11-19-13-21(9-10-22(19)29)32-25(39)31-3/h5-10,13H,4,11-12,14-17H2,1-3H3,(H,33,40)(H2,31,32,39)/t29-/m0/s1. The summed E-state index contributed by atoms with van der Waals surface area (Å²) in [5, 5.41) is 5.10. The van der Waals surface area contributed by atoms with Crippen molar-refractivity contribution in [3.05, 3.63) is 65.0 Å². The van der Waals surface area contributed by atoms with Gasteiger partial charge in [-0.1, -0.05) is 18.2 Å². The molecule has 2 saturated heterocycles. The molecule has 2 aliphatic heterocycles. The minimum atomic E-state index is -4.29. The summed E-state index contributed by atoms with van der Waals surface area (Å²) in [6.45, 7) is 1.85. The number of aryl methyl sites for hydroxylation is 1. The van der Waals surface area contributed by atoms with Crippen LogP contribution in [0.4, 0.5) is 24.5 Å². The number of hydrogen-bond donors (Lipinski definition) is 3. The molecule has 2 heterocycles. The van der Waals surface area contributed by atoms with Crippen LogP contribution < -0.4 is 15.4 Å². The fraction of sp³-hybridized carbons (Fsp3) is 0.414.